The van der Waals surface area contributed by atoms with Crippen LogP contribution in [0.4, 0.5) is 0 Å². The van der Waals surface area contributed by atoms with Gasteiger partial charge in [-0.25, -0.2) is 0 Å². The summed E-state index contributed by atoms with van der Waals surface area (Å²) in [6.07, 6.45) is 4.26. The topological polar surface area (TPSA) is 58.4 Å². The van der Waals surface area contributed by atoms with Gasteiger partial charge in [-0.15, -0.1) is 0 Å². The molecule has 0 radical (unpaired) electrons. The number of rotatable bonds is 5. The van der Waals surface area contributed by atoms with Crippen molar-refractivity contribution in [3.05, 3.63) is 35.9 Å². The Labute approximate surface area is 121 Å². The third-order valence-electron chi connectivity index (χ3n) is 4.07. The Bertz CT molecular complexity index is 421. The van der Waals surface area contributed by atoms with Crippen molar-refractivity contribution in [2.45, 2.75) is 37.8 Å². The second-order valence-corrected chi connectivity index (χ2v) is 5.67. The number of nitrogens with two attached hydrogens (primary N) is 1. The largest absolute Gasteiger partial charge is 0.353 e. The molecule has 2 rings (SSSR count). The molecular formula is C16H25N3O. The fourth-order valence-corrected chi connectivity index (χ4v) is 2.71. The minimum atomic E-state index is -0.466. The maximum atomic E-state index is 12.0. The highest BCUT2D eigenvalue weighted by molar-refractivity contribution is 5.81. The molecule has 0 saturated carbocycles. The van der Waals surface area contributed by atoms with Crippen molar-refractivity contribution in [1.82, 2.24) is 10.2 Å². The first-order chi connectivity index (χ1) is 9.66. The Morgan fingerprint density at radius 3 is 2.85 bits per heavy atom. The van der Waals surface area contributed by atoms with Crippen molar-refractivity contribution < 1.29 is 4.79 Å². The van der Waals surface area contributed by atoms with Gasteiger partial charge in [0.25, 0.3) is 0 Å². The Kier molecular flexibility index (Phi) is 5.56. The smallest absolute Gasteiger partial charge is 0.237 e. The second kappa shape index (κ2) is 7.41. The van der Waals surface area contributed by atoms with Crippen LogP contribution in [0.1, 0.15) is 24.8 Å². The maximum Gasteiger partial charge on any atom is 0.237 e. The molecule has 1 aliphatic heterocycles. The number of benzene rings is 1. The molecule has 0 aromatic heterocycles. The zero-order chi connectivity index (χ0) is 14.4. The maximum absolute atomic E-state index is 12.0. The van der Waals surface area contributed by atoms with E-state index in [9.17, 15) is 4.79 Å². The van der Waals surface area contributed by atoms with E-state index in [2.05, 4.69) is 17.3 Å². The molecular weight excluding hydrogens is 250 g/mol. The summed E-state index contributed by atoms with van der Waals surface area (Å²) in [4.78, 5) is 14.4. The van der Waals surface area contributed by atoms with Gasteiger partial charge in [0, 0.05) is 12.6 Å². The number of likely N-dealkylation sites (N-methyl/N-ethyl adjacent to an activating group) is 1. The van der Waals surface area contributed by atoms with Crippen LogP contribution >= 0.6 is 0 Å². The van der Waals surface area contributed by atoms with Crippen LogP contribution in [0.3, 0.4) is 0 Å². The summed E-state index contributed by atoms with van der Waals surface area (Å²) < 4.78 is 0. The molecule has 0 bridgehead atoms. The van der Waals surface area contributed by atoms with Gasteiger partial charge < -0.3 is 16.0 Å². The summed E-state index contributed by atoms with van der Waals surface area (Å²) in [5.41, 5.74) is 7.08. The number of likely N-dealkylation sites (tertiary alicyclic amines) is 1. The summed E-state index contributed by atoms with van der Waals surface area (Å²) in [5.74, 6) is -0.0483. The standard InChI is InChI=1S/C16H25N3O/c1-19-10-6-5-9-14(19)12-18-16(20)15(17)11-13-7-3-2-4-8-13/h2-4,7-8,14-15H,5-6,9-12,17H2,1H3,(H,18,20). The van der Waals surface area contributed by atoms with Gasteiger partial charge in [0.05, 0.1) is 6.04 Å². The van der Waals surface area contributed by atoms with Gasteiger partial charge in [-0.05, 0) is 38.4 Å². The SMILES string of the molecule is CN1CCCCC1CNC(=O)C(N)Cc1ccccc1. The lowest BCUT2D eigenvalue weighted by molar-refractivity contribution is -0.122. The zero-order valence-corrected chi connectivity index (χ0v) is 12.2. The molecule has 1 heterocycles. The van der Waals surface area contributed by atoms with Crippen LogP contribution < -0.4 is 11.1 Å². The molecule has 2 atom stereocenters. The minimum absolute atomic E-state index is 0.0483. The number of hydrogen-bond donors (Lipinski definition) is 2. The van der Waals surface area contributed by atoms with Gasteiger partial charge in [-0.2, -0.15) is 0 Å². The van der Waals surface area contributed by atoms with Crippen molar-refractivity contribution in [1.29, 1.82) is 0 Å². The van der Waals surface area contributed by atoms with Crippen molar-refractivity contribution in [3.8, 4) is 0 Å². The third kappa shape index (κ3) is 4.32. The van der Waals surface area contributed by atoms with Crippen LogP contribution in [0.5, 0.6) is 0 Å². The fraction of sp³-hybridized carbons (Fsp3) is 0.562. The number of amides is 1. The Morgan fingerprint density at radius 1 is 1.40 bits per heavy atom. The molecule has 4 nitrogen and oxygen atoms in total. The molecule has 110 valence electrons. The van der Waals surface area contributed by atoms with E-state index in [0.717, 1.165) is 18.5 Å². The predicted octanol–water partition coefficient (Wildman–Crippen LogP) is 1.16. The first-order valence-corrected chi connectivity index (χ1v) is 7.44. The lowest BCUT2D eigenvalue weighted by Crippen LogP contribution is -2.49. The molecule has 1 aromatic rings. The van der Waals surface area contributed by atoms with Gasteiger partial charge in [-0.1, -0.05) is 36.8 Å². The van der Waals surface area contributed by atoms with E-state index >= 15 is 0 Å². The molecule has 4 heteroatoms. The average molecular weight is 275 g/mol. The monoisotopic (exact) mass is 275 g/mol. The molecule has 1 aliphatic rings. The summed E-state index contributed by atoms with van der Waals surface area (Å²) in [7, 11) is 2.12. The van der Waals surface area contributed by atoms with Crippen LogP contribution in [0, 0.1) is 0 Å². The lowest BCUT2D eigenvalue weighted by Gasteiger charge is -2.32. The fourth-order valence-electron chi connectivity index (χ4n) is 2.71. The molecule has 1 aromatic carbocycles. The van der Waals surface area contributed by atoms with E-state index in [0.29, 0.717) is 19.0 Å². The van der Waals surface area contributed by atoms with Crippen LogP contribution in [0.25, 0.3) is 0 Å². The second-order valence-electron chi connectivity index (χ2n) is 5.67. The number of nitrogens with zero attached hydrogens (tertiary/aromatic N) is 1. The summed E-state index contributed by atoms with van der Waals surface area (Å²) >= 11 is 0. The lowest BCUT2D eigenvalue weighted by atomic mass is 10.0. The first-order valence-electron chi connectivity index (χ1n) is 7.44. The van der Waals surface area contributed by atoms with E-state index in [1.54, 1.807) is 0 Å². The number of carbonyl (C=O) groups excluding carboxylic acids is 1. The van der Waals surface area contributed by atoms with Gasteiger partial charge in [0.1, 0.15) is 0 Å². The molecule has 0 spiro atoms. The van der Waals surface area contributed by atoms with Crippen LogP contribution in [-0.4, -0.2) is 43.0 Å². The van der Waals surface area contributed by atoms with Gasteiger partial charge in [-0.3, -0.25) is 4.79 Å². The van der Waals surface area contributed by atoms with Crippen LogP contribution in [0.15, 0.2) is 30.3 Å². The molecule has 0 aliphatic carbocycles. The van der Waals surface area contributed by atoms with Crippen molar-refractivity contribution in [2.24, 2.45) is 5.73 Å². The molecule has 20 heavy (non-hydrogen) atoms. The number of nitrogens with one attached hydrogen (secondary N) is 1. The highest BCUT2D eigenvalue weighted by Crippen LogP contribution is 2.14. The number of hydrogen-bond acceptors (Lipinski definition) is 3. The molecule has 2 unspecified atom stereocenters. The minimum Gasteiger partial charge on any atom is -0.353 e. The van der Waals surface area contributed by atoms with Crippen molar-refractivity contribution >= 4 is 5.91 Å². The van der Waals surface area contributed by atoms with Crippen LogP contribution in [-0.2, 0) is 11.2 Å². The number of carbonyl (C=O) groups is 1. The first kappa shape index (κ1) is 15.0. The van der Waals surface area contributed by atoms with Crippen molar-refractivity contribution in [2.75, 3.05) is 20.1 Å². The van der Waals surface area contributed by atoms with Gasteiger partial charge in [0.2, 0.25) is 5.91 Å². The van der Waals surface area contributed by atoms with Gasteiger partial charge >= 0.3 is 0 Å². The average Bonchev–Trinajstić information content (AvgIpc) is 2.47. The van der Waals surface area contributed by atoms with Crippen LogP contribution in [0.2, 0.25) is 0 Å². The third-order valence-corrected chi connectivity index (χ3v) is 4.07. The summed E-state index contributed by atoms with van der Waals surface area (Å²) in [6.45, 7) is 1.83. The van der Waals surface area contributed by atoms with Gasteiger partial charge in [0.15, 0.2) is 0 Å². The van der Waals surface area contributed by atoms with Crippen molar-refractivity contribution in [3.63, 3.8) is 0 Å². The Balaban J connectivity index is 1.76. The molecule has 3 N–H and O–H groups in total. The van der Waals surface area contributed by atoms with E-state index in [1.807, 2.05) is 30.3 Å². The molecule has 1 saturated heterocycles. The highest BCUT2D eigenvalue weighted by atomic mass is 16.2. The number of piperidine rings is 1. The Morgan fingerprint density at radius 2 is 2.15 bits per heavy atom. The summed E-state index contributed by atoms with van der Waals surface area (Å²) in [5, 5.41) is 3.00. The zero-order valence-electron chi connectivity index (χ0n) is 12.2. The van der Waals surface area contributed by atoms with E-state index < -0.39 is 6.04 Å². The van der Waals surface area contributed by atoms with E-state index in [4.69, 9.17) is 5.73 Å². The normalized spacial score (nSPS) is 21.4. The highest BCUT2D eigenvalue weighted by Gasteiger charge is 2.21. The predicted molar refractivity (Wildman–Crippen MR) is 81.4 cm³/mol. The molecule has 1 fully saturated rings. The van der Waals surface area contributed by atoms with E-state index in [1.165, 1.54) is 12.8 Å². The quantitative estimate of drug-likeness (QED) is 0.848. The molecule has 1 amide bonds. The van der Waals surface area contributed by atoms with E-state index in [-0.39, 0.29) is 5.91 Å². The summed E-state index contributed by atoms with van der Waals surface area (Å²) in [6, 6.07) is 9.90. The Hall–Kier alpha value is -1.39.